The zero-order valence-electron chi connectivity index (χ0n) is 24.7. The summed E-state index contributed by atoms with van der Waals surface area (Å²) in [7, 11) is 0. The predicted octanol–water partition coefficient (Wildman–Crippen LogP) is -3.38. The molecule has 16 nitrogen and oxygen atoms in total. The zero-order valence-corrected chi connectivity index (χ0v) is 24.7. The van der Waals surface area contributed by atoms with Crippen LogP contribution in [0.15, 0.2) is 48.7 Å². The molecule has 16 heteroatoms. The third-order valence-electron chi connectivity index (χ3n) is 8.86. The van der Waals surface area contributed by atoms with Crippen LogP contribution in [0.25, 0.3) is 6.08 Å². The SMILES string of the molecule is C[C@]1(OC(=O)/C=C/c2ccccc2)C[C@@H](O)[C@]2(O)C=CO[C@@H](O[C@@H]3O[C@H](CO[C@H]4O[C@H](CO)[C@H](O)[C@H](O)[C@H]4O)[C@@H](O)[C@H](O)[C@H]3O)[C@@H]21. The van der Waals surface area contributed by atoms with E-state index in [0.717, 1.165) is 11.8 Å². The topological polar surface area (TPSA) is 255 Å². The average Bonchev–Trinajstić information content (AvgIpc) is 3.24. The monoisotopic (exact) mass is 656 g/mol. The van der Waals surface area contributed by atoms with Crippen LogP contribution in [0.2, 0.25) is 0 Å². The van der Waals surface area contributed by atoms with E-state index >= 15 is 0 Å². The molecule has 2 saturated heterocycles. The lowest BCUT2D eigenvalue weighted by molar-refractivity contribution is -0.360. The number of carbonyl (C=O) groups is 1. The Labute approximate surface area is 263 Å². The van der Waals surface area contributed by atoms with E-state index in [-0.39, 0.29) is 6.42 Å². The predicted molar refractivity (Wildman–Crippen MR) is 151 cm³/mol. The molecule has 1 aromatic rings. The van der Waals surface area contributed by atoms with Crippen molar-refractivity contribution in [3.63, 3.8) is 0 Å². The second kappa shape index (κ2) is 13.9. The van der Waals surface area contributed by atoms with Gasteiger partial charge in [-0.15, -0.1) is 0 Å². The summed E-state index contributed by atoms with van der Waals surface area (Å²) in [6, 6.07) is 8.94. The first-order chi connectivity index (χ1) is 21.8. The van der Waals surface area contributed by atoms with Crippen molar-refractivity contribution >= 4 is 12.0 Å². The molecule has 3 aliphatic heterocycles. The maximum atomic E-state index is 12.9. The highest BCUT2D eigenvalue weighted by Crippen LogP contribution is 2.51. The molecule has 46 heavy (non-hydrogen) atoms. The summed E-state index contributed by atoms with van der Waals surface area (Å²) in [5.41, 5.74) is -2.86. The number of fused-ring (bicyclic) bond motifs is 1. The molecule has 256 valence electrons. The van der Waals surface area contributed by atoms with E-state index in [9.17, 15) is 50.8 Å². The van der Waals surface area contributed by atoms with Crippen LogP contribution >= 0.6 is 0 Å². The van der Waals surface area contributed by atoms with Gasteiger partial charge in [-0.05, 0) is 24.6 Å². The van der Waals surface area contributed by atoms with Gasteiger partial charge in [-0.3, -0.25) is 0 Å². The Bertz CT molecular complexity index is 1240. The Morgan fingerprint density at radius 1 is 0.891 bits per heavy atom. The Balaban J connectivity index is 1.29. The van der Waals surface area contributed by atoms with E-state index < -0.39 is 110 Å². The summed E-state index contributed by atoms with van der Waals surface area (Å²) in [4.78, 5) is 12.9. The molecule has 9 N–H and O–H groups in total. The number of benzene rings is 1. The van der Waals surface area contributed by atoms with Crippen molar-refractivity contribution in [3.8, 4) is 0 Å². The first kappa shape index (κ1) is 34.8. The molecule has 0 unspecified atom stereocenters. The summed E-state index contributed by atoms with van der Waals surface area (Å²) in [5.74, 6) is -2.06. The van der Waals surface area contributed by atoms with Gasteiger partial charge in [-0.2, -0.15) is 0 Å². The molecule has 3 fully saturated rings. The van der Waals surface area contributed by atoms with E-state index in [1.807, 2.05) is 6.07 Å². The molecule has 1 aromatic carbocycles. The van der Waals surface area contributed by atoms with Gasteiger partial charge >= 0.3 is 5.97 Å². The fourth-order valence-corrected chi connectivity index (χ4v) is 6.30. The summed E-state index contributed by atoms with van der Waals surface area (Å²) in [6.07, 6.45) is -14.8. The van der Waals surface area contributed by atoms with Crippen molar-refractivity contribution in [1.29, 1.82) is 0 Å². The third-order valence-corrected chi connectivity index (χ3v) is 8.86. The van der Waals surface area contributed by atoms with E-state index in [1.165, 1.54) is 25.2 Å². The highest BCUT2D eigenvalue weighted by molar-refractivity contribution is 5.87. The number of carbonyl (C=O) groups excluding carboxylic acids is 1. The Morgan fingerprint density at radius 3 is 2.20 bits per heavy atom. The van der Waals surface area contributed by atoms with Gasteiger partial charge in [0.15, 0.2) is 12.6 Å². The molecule has 0 bridgehead atoms. The van der Waals surface area contributed by atoms with Gasteiger partial charge in [0.1, 0.15) is 60.0 Å². The maximum absolute atomic E-state index is 12.9. The summed E-state index contributed by atoms with van der Waals surface area (Å²) >= 11 is 0. The van der Waals surface area contributed by atoms with Crippen LogP contribution in [0, 0.1) is 5.92 Å². The summed E-state index contributed by atoms with van der Waals surface area (Å²) < 4.78 is 33.6. The number of ether oxygens (including phenoxy) is 6. The second-order valence-electron chi connectivity index (χ2n) is 12.1. The molecular formula is C30H40O16. The van der Waals surface area contributed by atoms with Crippen molar-refractivity contribution in [2.75, 3.05) is 13.2 Å². The molecule has 1 aliphatic carbocycles. The fraction of sp³-hybridized carbons (Fsp3) is 0.633. The quantitative estimate of drug-likeness (QED) is 0.0928. The van der Waals surface area contributed by atoms with Crippen LogP contribution < -0.4 is 0 Å². The molecule has 0 aromatic heterocycles. The lowest BCUT2D eigenvalue weighted by Crippen LogP contribution is -2.63. The number of aliphatic hydroxyl groups is 9. The second-order valence-corrected chi connectivity index (χ2v) is 12.1. The van der Waals surface area contributed by atoms with Gasteiger partial charge in [0.05, 0.1) is 31.5 Å². The van der Waals surface area contributed by atoms with Crippen LogP contribution in [0.4, 0.5) is 0 Å². The van der Waals surface area contributed by atoms with E-state index in [4.69, 9.17) is 28.4 Å². The maximum Gasteiger partial charge on any atom is 0.331 e. The number of hydrogen-bond donors (Lipinski definition) is 9. The molecule has 15 atom stereocenters. The molecule has 3 heterocycles. The normalized spacial score (nSPS) is 45.7. The first-order valence-corrected chi connectivity index (χ1v) is 14.8. The lowest BCUT2D eigenvalue weighted by Gasteiger charge is -2.46. The highest BCUT2D eigenvalue weighted by Gasteiger charge is 2.66. The van der Waals surface area contributed by atoms with Gasteiger partial charge in [0.2, 0.25) is 6.29 Å². The van der Waals surface area contributed by atoms with E-state index in [2.05, 4.69) is 0 Å². The minimum atomic E-state index is -2.01. The lowest BCUT2D eigenvalue weighted by atomic mass is 9.81. The Hall–Kier alpha value is -2.55. The van der Waals surface area contributed by atoms with Crippen molar-refractivity contribution in [2.45, 2.75) is 98.4 Å². The number of esters is 1. The molecular weight excluding hydrogens is 616 g/mol. The van der Waals surface area contributed by atoms with Gasteiger partial charge in [-0.25, -0.2) is 4.79 Å². The summed E-state index contributed by atoms with van der Waals surface area (Å²) in [6.45, 7) is 0.164. The van der Waals surface area contributed by atoms with Crippen LogP contribution in [0.3, 0.4) is 0 Å². The molecule has 0 spiro atoms. The number of hydrogen-bond acceptors (Lipinski definition) is 16. The van der Waals surface area contributed by atoms with Crippen molar-refractivity contribution in [1.82, 2.24) is 0 Å². The van der Waals surface area contributed by atoms with Crippen LogP contribution in [-0.2, 0) is 33.2 Å². The van der Waals surface area contributed by atoms with Gasteiger partial charge in [0.25, 0.3) is 0 Å². The van der Waals surface area contributed by atoms with Crippen LogP contribution in [-0.4, -0.2) is 150 Å². The van der Waals surface area contributed by atoms with Gasteiger partial charge in [0, 0.05) is 12.5 Å². The Kier molecular flexibility index (Phi) is 10.5. The van der Waals surface area contributed by atoms with Crippen molar-refractivity contribution in [2.24, 2.45) is 5.92 Å². The van der Waals surface area contributed by atoms with Crippen molar-refractivity contribution in [3.05, 3.63) is 54.3 Å². The molecule has 1 saturated carbocycles. The largest absolute Gasteiger partial charge is 0.472 e. The zero-order chi connectivity index (χ0) is 33.4. The Morgan fingerprint density at radius 2 is 1.52 bits per heavy atom. The fourth-order valence-electron chi connectivity index (χ4n) is 6.30. The van der Waals surface area contributed by atoms with Crippen LogP contribution in [0.1, 0.15) is 18.9 Å². The number of aliphatic hydroxyl groups excluding tert-OH is 8. The first-order valence-electron chi connectivity index (χ1n) is 14.8. The molecule has 0 amide bonds. The number of rotatable bonds is 9. The molecule has 5 rings (SSSR count). The standard InChI is InChI=1S/C30H40O16/c1-29(46-18(33)8-7-14-5-3-2-4-6-14)11-17(32)30(40)9-10-41-28(25(29)30)45-27-24(39)22(37)20(35)16(44-27)13-42-26-23(38)21(36)19(34)15(12-31)43-26/h2-10,15-17,19-28,31-32,34-40H,11-13H2,1H3/b8-7+/t15-,16-,17-,19+,20-,21+,22+,23-,24-,25-,26+,27+,28+,29+,30-/m1/s1. The smallest absolute Gasteiger partial charge is 0.331 e. The van der Waals surface area contributed by atoms with Gasteiger partial charge < -0.3 is 74.4 Å². The van der Waals surface area contributed by atoms with Crippen LogP contribution in [0.5, 0.6) is 0 Å². The van der Waals surface area contributed by atoms with E-state index in [1.54, 1.807) is 24.3 Å². The third kappa shape index (κ3) is 6.72. The summed E-state index contributed by atoms with van der Waals surface area (Å²) in [5, 5.41) is 93.8. The molecule has 4 aliphatic rings. The minimum Gasteiger partial charge on any atom is -0.472 e. The minimum absolute atomic E-state index is 0.225. The highest BCUT2D eigenvalue weighted by atomic mass is 16.8. The van der Waals surface area contributed by atoms with Crippen molar-refractivity contribution < 1.29 is 79.2 Å². The van der Waals surface area contributed by atoms with E-state index in [0.29, 0.717) is 0 Å². The molecule has 0 radical (unpaired) electrons. The van der Waals surface area contributed by atoms with Gasteiger partial charge in [-0.1, -0.05) is 30.3 Å². The average molecular weight is 657 g/mol.